The zero-order chi connectivity index (χ0) is 17.1. The summed E-state index contributed by atoms with van der Waals surface area (Å²) in [5, 5.41) is 12.3. The van der Waals surface area contributed by atoms with E-state index in [1.54, 1.807) is 20.3 Å². The topological polar surface area (TPSA) is 77.4 Å². The van der Waals surface area contributed by atoms with E-state index in [-0.39, 0.29) is 11.5 Å². The number of aromatic nitrogens is 1. The van der Waals surface area contributed by atoms with Gasteiger partial charge in [0.25, 0.3) is 0 Å². The summed E-state index contributed by atoms with van der Waals surface area (Å²) in [5.41, 5.74) is 2.55. The van der Waals surface area contributed by atoms with E-state index in [9.17, 15) is 10.1 Å². The predicted octanol–water partition coefficient (Wildman–Crippen LogP) is 3.59. The highest BCUT2D eigenvalue weighted by Gasteiger charge is 2.27. The summed E-state index contributed by atoms with van der Waals surface area (Å²) in [6.07, 6.45) is 1.83. The first-order valence-corrected chi connectivity index (χ1v) is 7.54. The number of nitrogens with zero attached hydrogens (tertiary/aromatic N) is 1. The van der Waals surface area contributed by atoms with E-state index >= 15 is 0 Å². The smallest absolute Gasteiger partial charge is 0.214 e. The molecule has 0 spiro atoms. The summed E-state index contributed by atoms with van der Waals surface area (Å²) in [7, 11) is 3.09. The van der Waals surface area contributed by atoms with Gasteiger partial charge in [0.1, 0.15) is 0 Å². The second-order valence-corrected chi connectivity index (χ2v) is 5.44. The monoisotopic (exact) mass is 326 g/mol. The highest BCUT2D eigenvalue weighted by atomic mass is 16.6. The van der Waals surface area contributed by atoms with Crippen LogP contribution in [0.5, 0.6) is 11.5 Å². The molecule has 0 unspecified atom stereocenters. The fourth-order valence-corrected chi connectivity index (χ4v) is 3.08. The van der Waals surface area contributed by atoms with E-state index < -0.39 is 5.92 Å². The lowest BCUT2D eigenvalue weighted by Crippen LogP contribution is -2.15. The number of nitrogens with one attached hydrogen (secondary N) is 1. The third kappa shape index (κ3) is 2.78. The minimum atomic E-state index is -0.443. The second kappa shape index (κ2) is 6.62. The van der Waals surface area contributed by atoms with Gasteiger partial charge in [-0.05, 0) is 17.7 Å². The molecule has 0 fully saturated rings. The molecule has 1 atom stereocenters. The average molecular weight is 326 g/mol. The van der Waals surface area contributed by atoms with Crippen LogP contribution in [0.3, 0.4) is 0 Å². The molecule has 24 heavy (non-hydrogen) atoms. The first-order chi connectivity index (χ1) is 11.7. The van der Waals surface area contributed by atoms with Crippen molar-refractivity contribution in [3.05, 3.63) is 69.9 Å². The predicted molar refractivity (Wildman–Crippen MR) is 91.5 cm³/mol. The van der Waals surface area contributed by atoms with E-state index in [2.05, 4.69) is 4.98 Å². The van der Waals surface area contributed by atoms with Crippen molar-refractivity contribution in [1.82, 2.24) is 4.98 Å². The van der Waals surface area contributed by atoms with E-state index in [1.807, 2.05) is 42.6 Å². The molecule has 6 nitrogen and oxygen atoms in total. The fraction of sp³-hybridized carbons (Fsp3) is 0.222. The van der Waals surface area contributed by atoms with E-state index in [1.165, 1.54) is 0 Å². The number of hydrogen-bond donors (Lipinski definition) is 1. The number of ether oxygens (including phenoxy) is 2. The van der Waals surface area contributed by atoms with Crippen LogP contribution in [-0.2, 0) is 0 Å². The van der Waals surface area contributed by atoms with Crippen molar-refractivity contribution in [2.45, 2.75) is 5.92 Å². The molecule has 0 saturated heterocycles. The molecule has 0 bridgehead atoms. The van der Waals surface area contributed by atoms with Gasteiger partial charge in [0.2, 0.25) is 6.54 Å². The van der Waals surface area contributed by atoms with Crippen molar-refractivity contribution in [2.24, 2.45) is 0 Å². The maximum absolute atomic E-state index is 11.3. The van der Waals surface area contributed by atoms with Gasteiger partial charge in [-0.15, -0.1) is 0 Å². The Morgan fingerprint density at radius 3 is 2.58 bits per heavy atom. The molecule has 124 valence electrons. The van der Waals surface area contributed by atoms with Gasteiger partial charge in [0.05, 0.1) is 20.1 Å². The lowest BCUT2D eigenvalue weighted by molar-refractivity contribution is -0.481. The molecule has 3 rings (SSSR count). The minimum Gasteiger partial charge on any atom is -0.493 e. The number of nitro groups is 1. The zero-order valence-electron chi connectivity index (χ0n) is 13.5. The molecule has 0 saturated carbocycles. The zero-order valence-corrected chi connectivity index (χ0v) is 13.5. The minimum absolute atomic E-state index is 0.231. The van der Waals surface area contributed by atoms with Crippen LogP contribution in [0.1, 0.15) is 17.0 Å². The first kappa shape index (κ1) is 15.9. The standard InChI is InChI=1S/C18H18N2O4/c1-23-17-9-5-7-13(18(17)24-2)15(11-20(21)22)14-10-19-16-8-4-3-6-12(14)16/h3-10,15,19H,11H2,1-2H3/t15-/m0/s1. The Kier molecular flexibility index (Phi) is 4.37. The van der Waals surface area contributed by atoms with Gasteiger partial charge in [-0.2, -0.15) is 0 Å². The molecule has 1 N–H and O–H groups in total. The second-order valence-electron chi connectivity index (χ2n) is 5.44. The van der Waals surface area contributed by atoms with Gasteiger partial charge in [-0.25, -0.2) is 0 Å². The summed E-state index contributed by atoms with van der Waals surface area (Å²) < 4.78 is 10.8. The number of methoxy groups -OCH3 is 2. The molecule has 2 aromatic carbocycles. The summed E-state index contributed by atoms with van der Waals surface area (Å²) in [6, 6.07) is 13.2. The average Bonchev–Trinajstić information content (AvgIpc) is 3.02. The van der Waals surface area contributed by atoms with Crippen LogP contribution < -0.4 is 9.47 Å². The van der Waals surface area contributed by atoms with Crippen LogP contribution in [0, 0.1) is 10.1 Å². The van der Waals surface area contributed by atoms with Crippen LogP contribution >= 0.6 is 0 Å². The Morgan fingerprint density at radius 1 is 1.08 bits per heavy atom. The molecule has 0 aliphatic rings. The van der Waals surface area contributed by atoms with Gasteiger partial charge in [-0.1, -0.05) is 30.3 Å². The number of fused-ring (bicyclic) bond motifs is 1. The largest absolute Gasteiger partial charge is 0.493 e. The van der Waals surface area contributed by atoms with Gasteiger partial charge in [0.15, 0.2) is 11.5 Å². The third-order valence-electron chi connectivity index (χ3n) is 4.14. The van der Waals surface area contributed by atoms with Crippen LogP contribution in [0.2, 0.25) is 0 Å². The first-order valence-electron chi connectivity index (χ1n) is 7.54. The Labute approximate surface area is 139 Å². The van der Waals surface area contributed by atoms with Crippen molar-refractivity contribution in [3.8, 4) is 11.5 Å². The molecule has 1 aromatic heterocycles. The highest BCUT2D eigenvalue weighted by molar-refractivity contribution is 5.84. The number of rotatable bonds is 6. The number of para-hydroxylation sites is 2. The lowest BCUT2D eigenvalue weighted by atomic mass is 9.90. The SMILES string of the molecule is COc1cccc([C@H](C[N+](=O)[O-])c2c[nH]c3ccccc23)c1OC. The Morgan fingerprint density at radius 2 is 1.88 bits per heavy atom. The molecule has 0 aliphatic carbocycles. The van der Waals surface area contributed by atoms with Crippen LogP contribution in [-0.4, -0.2) is 30.7 Å². The molecule has 0 aliphatic heterocycles. The molecule has 3 aromatic rings. The summed E-state index contributed by atoms with van der Waals surface area (Å²) in [5.74, 6) is 0.640. The fourth-order valence-electron chi connectivity index (χ4n) is 3.08. The van der Waals surface area contributed by atoms with Crippen LogP contribution in [0.25, 0.3) is 10.9 Å². The maximum atomic E-state index is 11.3. The van der Waals surface area contributed by atoms with E-state index in [0.29, 0.717) is 11.5 Å². The summed E-state index contributed by atoms with van der Waals surface area (Å²) in [4.78, 5) is 14.2. The number of aromatic amines is 1. The summed E-state index contributed by atoms with van der Waals surface area (Å²) >= 11 is 0. The number of hydrogen-bond acceptors (Lipinski definition) is 4. The van der Waals surface area contributed by atoms with Crippen molar-refractivity contribution in [1.29, 1.82) is 0 Å². The summed E-state index contributed by atoms with van der Waals surface area (Å²) in [6.45, 7) is -0.231. The molecular weight excluding hydrogens is 308 g/mol. The van der Waals surface area contributed by atoms with Crippen molar-refractivity contribution in [3.63, 3.8) is 0 Å². The van der Waals surface area contributed by atoms with Crippen molar-refractivity contribution >= 4 is 10.9 Å². The molecular formula is C18H18N2O4. The van der Waals surface area contributed by atoms with Crippen molar-refractivity contribution < 1.29 is 14.4 Å². The van der Waals surface area contributed by atoms with E-state index in [4.69, 9.17) is 9.47 Å². The molecule has 1 heterocycles. The molecule has 0 radical (unpaired) electrons. The highest BCUT2D eigenvalue weighted by Crippen LogP contribution is 2.40. The van der Waals surface area contributed by atoms with Crippen LogP contribution in [0.15, 0.2) is 48.7 Å². The Balaban J connectivity index is 2.20. The Bertz CT molecular complexity index is 872. The third-order valence-corrected chi connectivity index (χ3v) is 4.14. The number of benzene rings is 2. The van der Waals surface area contributed by atoms with Gasteiger partial charge in [0, 0.05) is 27.6 Å². The number of H-pyrrole nitrogens is 1. The van der Waals surface area contributed by atoms with Crippen LogP contribution in [0.4, 0.5) is 0 Å². The Hall–Kier alpha value is -3.02. The van der Waals surface area contributed by atoms with Gasteiger partial charge >= 0.3 is 0 Å². The van der Waals surface area contributed by atoms with E-state index in [0.717, 1.165) is 22.0 Å². The van der Waals surface area contributed by atoms with Gasteiger partial charge < -0.3 is 14.5 Å². The normalized spacial score (nSPS) is 12.1. The quantitative estimate of drug-likeness (QED) is 0.554. The van der Waals surface area contributed by atoms with Crippen molar-refractivity contribution in [2.75, 3.05) is 20.8 Å². The molecule has 0 amide bonds. The molecule has 6 heteroatoms. The lowest BCUT2D eigenvalue weighted by Gasteiger charge is -2.18. The van der Waals surface area contributed by atoms with Gasteiger partial charge in [-0.3, -0.25) is 10.1 Å². The maximum Gasteiger partial charge on any atom is 0.214 e.